The van der Waals surface area contributed by atoms with Crippen LogP contribution in [0.3, 0.4) is 0 Å². The second kappa shape index (κ2) is 8.55. The molecule has 2 aromatic carbocycles. The first kappa shape index (κ1) is 14.8. The summed E-state index contributed by atoms with van der Waals surface area (Å²) in [5.41, 5.74) is 1.78. The number of benzene rings is 2. The Morgan fingerprint density at radius 1 is 0.952 bits per heavy atom. The zero-order valence-corrected chi connectivity index (χ0v) is 12.0. The Kier molecular flexibility index (Phi) is 6.03. The fraction of sp³-hybridized carbons (Fsp3) is 0.150. The first-order chi connectivity index (χ1) is 10.4. The second-order valence-electron chi connectivity index (χ2n) is 4.69. The van der Waals surface area contributed by atoms with Crippen molar-refractivity contribution >= 4 is 5.78 Å². The molecule has 0 aliphatic heterocycles. The fourth-order valence-corrected chi connectivity index (χ4v) is 1.88. The van der Waals surface area contributed by atoms with Gasteiger partial charge >= 0.3 is 0 Å². The molecule has 0 aromatic heterocycles. The van der Waals surface area contributed by atoms with Gasteiger partial charge in [-0.15, -0.1) is 0 Å². The van der Waals surface area contributed by atoms with Crippen molar-refractivity contribution < 1.29 is 4.79 Å². The van der Waals surface area contributed by atoms with E-state index < -0.39 is 0 Å². The number of carbonyl (C=O) groups is 1. The average Bonchev–Trinajstić information content (AvgIpc) is 2.55. The number of hydrogen-bond donors (Lipinski definition) is 0. The minimum Gasteiger partial charge on any atom is -0.289 e. The first-order valence-corrected chi connectivity index (χ1v) is 7.16. The van der Waals surface area contributed by atoms with Gasteiger partial charge in [-0.1, -0.05) is 66.4 Å². The molecule has 0 aliphatic rings. The molecule has 1 heteroatoms. The quantitative estimate of drug-likeness (QED) is 0.336. The Hall–Kier alpha value is -2.59. The van der Waals surface area contributed by atoms with Crippen LogP contribution in [0.15, 0.2) is 72.8 Å². The normalized spacial score (nSPS) is 10.1. The monoisotopic (exact) mass is 274 g/mol. The van der Waals surface area contributed by atoms with Crippen molar-refractivity contribution in [2.45, 2.75) is 19.3 Å². The van der Waals surface area contributed by atoms with Crippen LogP contribution in [-0.4, -0.2) is 5.78 Å². The summed E-state index contributed by atoms with van der Waals surface area (Å²) in [5.74, 6) is 6.34. The molecule has 0 N–H and O–H groups in total. The molecule has 0 fully saturated rings. The summed E-state index contributed by atoms with van der Waals surface area (Å²) in [7, 11) is 0. The molecule has 0 saturated heterocycles. The Morgan fingerprint density at radius 2 is 1.62 bits per heavy atom. The lowest BCUT2D eigenvalue weighted by molar-refractivity contribution is 0.104. The highest BCUT2D eigenvalue weighted by atomic mass is 16.1. The SMILES string of the molecule is O=C(/C=C/CCCC#Cc1ccccc1)c1ccccc1. The molecule has 0 unspecified atom stereocenters. The van der Waals surface area contributed by atoms with Gasteiger partial charge in [0.05, 0.1) is 0 Å². The lowest BCUT2D eigenvalue weighted by atomic mass is 10.1. The summed E-state index contributed by atoms with van der Waals surface area (Å²) in [4.78, 5) is 11.8. The van der Waals surface area contributed by atoms with E-state index in [1.165, 1.54) is 0 Å². The molecule has 0 amide bonds. The van der Waals surface area contributed by atoms with Gasteiger partial charge in [0.25, 0.3) is 0 Å². The predicted octanol–water partition coefficient (Wildman–Crippen LogP) is 4.65. The third-order valence-corrected chi connectivity index (χ3v) is 3.01. The number of rotatable bonds is 5. The van der Waals surface area contributed by atoms with E-state index in [1.807, 2.05) is 66.7 Å². The number of ketones is 1. The number of allylic oxidation sites excluding steroid dienone is 2. The summed E-state index contributed by atoms with van der Waals surface area (Å²) < 4.78 is 0. The van der Waals surface area contributed by atoms with Gasteiger partial charge in [-0.25, -0.2) is 0 Å². The molecule has 0 bridgehead atoms. The molecule has 21 heavy (non-hydrogen) atoms. The van der Waals surface area contributed by atoms with E-state index in [2.05, 4.69) is 11.8 Å². The van der Waals surface area contributed by atoms with E-state index in [-0.39, 0.29) is 5.78 Å². The van der Waals surface area contributed by atoms with Crippen molar-refractivity contribution in [3.8, 4) is 11.8 Å². The maximum absolute atomic E-state index is 11.8. The zero-order valence-electron chi connectivity index (χ0n) is 12.0. The van der Waals surface area contributed by atoms with Crippen LogP contribution in [-0.2, 0) is 0 Å². The van der Waals surface area contributed by atoms with Gasteiger partial charge in [0.15, 0.2) is 5.78 Å². The summed E-state index contributed by atoms with van der Waals surface area (Å²) in [6.45, 7) is 0. The van der Waals surface area contributed by atoms with Gasteiger partial charge in [0.1, 0.15) is 0 Å². The topological polar surface area (TPSA) is 17.1 Å². The van der Waals surface area contributed by atoms with E-state index >= 15 is 0 Å². The number of unbranched alkanes of at least 4 members (excludes halogenated alkanes) is 2. The Bertz CT molecular complexity index is 642. The van der Waals surface area contributed by atoms with Gasteiger partial charge in [-0.2, -0.15) is 0 Å². The summed E-state index contributed by atoms with van der Waals surface area (Å²) >= 11 is 0. The van der Waals surface area contributed by atoms with Crippen LogP contribution in [0.25, 0.3) is 0 Å². The molecular formula is C20H18O. The summed E-state index contributed by atoms with van der Waals surface area (Å²) in [6, 6.07) is 19.3. The van der Waals surface area contributed by atoms with Crippen LogP contribution in [0.2, 0.25) is 0 Å². The molecule has 2 rings (SSSR count). The van der Waals surface area contributed by atoms with Crippen LogP contribution >= 0.6 is 0 Å². The molecule has 0 atom stereocenters. The van der Waals surface area contributed by atoms with Crippen LogP contribution in [0, 0.1) is 11.8 Å². The van der Waals surface area contributed by atoms with E-state index in [9.17, 15) is 4.79 Å². The number of hydrogen-bond acceptors (Lipinski definition) is 1. The minimum absolute atomic E-state index is 0.0611. The highest BCUT2D eigenvalue weighted by molar-refractivity contribution is 6.04. The molecule has 0 heterocycles. The van der Waals surface area contributed by atoms with E-state index in [4.69, 9.17) is 0 Å². The van der Waals surface area contributed by atoms with Gasteiger partial charge in [0, 0.05) is 17.5 Å². The van der Waals surface area contributed by atoms with Crippen molar-refractivity contribution in [1.82, 2.24) is 0 Å². The van der Waals surface area contributed by atoms with Gasteiger partial charge in [-0.05, 0) is 31.1 Å². The lowest BCUT2D eigenvalue weighted by Crippen LogP contribution is -1.92. The zero-order chi connectivity index (χ0) is 14.8. The maximum atomic E-state index is 11.8. The highest BCUT2D eigenvalue weighted by Gasteiger charge is 1.98. The Morgan fingerprint density at radius 3 is 2.33 bits per heavy atom. The highest BCUT2D eigenvalue weighted by Crippen LogP contribution is 2.03. The van der Waals surface area contributed by atoms with Crippen molar-refractivity contribution in [3.05, 3.63) is 83.9 Å². The molecule has 0 spiro atoms. The maximum Gasteiger partial charge on any atom is 0.185 e. The largest absolute Gasteiger partial charge is 0.289 e. The van der Waals surface area contributed by atoms with Crippen LogP contribution < -0.4 is 0 Å². The predicted molar refractivity (Wildman–Crippen MR) is 87.1 cm³/mol. The standard InChI is InChI=1S/C20H18O/c21-20(19-15-9-5-10-16-19)17-11-3-1-2-6-12-18-13-7-4-8-14-18/h4-5,7-11,13-17H,1-3H2/b17-11+. The van der Waals surface area contributed by atoms with Crippen molar-refractivity contribution in [2.24, 2.45) is 0 Å². The van der Waals surface area contributed by atoms with E-state index in [0.717, 1.165) is 30.4 Å². The molecule has 0 saturated carbocycles. The molecule has 2 aromatic rings. The Balaban J connectivity index is 1.69. The first-order valence-electron chi connectivity index (χ1n) is 7.16. The minimum atomic E-state index is 0.0611. The van der Waals surface area contributed by atoms with Crippen molar-refractivity contribution in [2.75, 3.05) is 0 Å². The van der Waals surface area contributed by atoms with Crippen LogP contribution in [0.4, 0.5) is 0 Å². The fourth-order valence-electron chi connectivity index (χ4n) is 1.88. The summed E-state index contributed by atoms with van der Waals surface area (Å²) in [6.07, 6.45) is 6.28. The lowest BCUT2D eigenvalue weighted by Gasteiger charge is -1.93. The van der Waals surface area contributed by atoms with E-state index in [0.29, 0.717) is 0 Å². The Labute approximate surface area is 126 Å². The van der Waals surface area contributed by atoms with Crippen LogP contribution in [0.1, 0.15) is 35.2 Å². The average molecular weight is 274 g/mol. The van der Waals surface area contributed by atoms with Gasteiger partial charge in [-0.3, -0.25) is 4.79 Å². The van der Waals surface area contributed by atoms with Crippen molar-refractivity contribution in [1.29, 1.82) is 0 Å². The third kappa shape index (κ3) is 5.50. The smallest absolute Gasteiger partial charge is 0.185 e. The number of carbonyl (C=O) groups excluding carboxylic acids is 1. The second-order valence-corrected chi connectivity index (χ2v) is 4.69. The molecule has 0 aliphatic carbocycles. The van der Waals surface area contributed by atoms with Gasteiger partial charge in [0.2, 0.25) is 0 Å². The van der Waals surface area contributed by atoms with Crippen LogP contribution in [0.5, 0.6) is 0 Å². The summed E-state index contributed by atoms with van der Waals surface area (Å²) in [5, 5.41) is 0. The molecular weight excluding hydrogens is 256 g/mol. The molecule has 0 radical (unpaired) electrons. The molecule has 1 nitrogen and oxygen atoms in total. The molecule has 104 valence electrons. The van der Waals surface area contributed by atoms with Gasteiger partial charge < -0.3 is 0 Å². The van der Waals surface area contributed by atoms with E-state index in [1.54, 1.807) is 6.08 Å². The van der Waals surface area contributed by atoms with Crippen molar-refractivity contribution in [3.63, 3.8) is 0 Å². The third-order valence-electron chi connectivity index (χ3n) is 3.01.